The third kappa shape index (κ3) is 3.93. The predicted molar refractivity (Wildman–Crippen MR) is 115 cm³/mol. The van der Waals surface area contributed by atoms with E-state index in [2.05, 4.69) is 98.0 Å². The quantitative estimate of drug-likeness (QED) is 0.472. The number of hydrogen-bond acceptors (Lipinski definition) is 3. The Morgan fingerprint density at radius 1 is 0.741 bits per heavy atom. The summed E-state index contributed by atoms with van der Waals surface area (Å²) in [7, 11) is 0. The third-order valence-corrected chi connectivity index (χ3v) is 5.57. The molecular weight excluding hydrogens is 350 g/mol. The molecule has 3 aromatic carbocycles. The highest BCUT2D eigenvalue weighted by Crippen LogP contribution is 2.38. The maximum absolute atomic E-state index is 6.12. The van der Waals surface area contributed by atoms with Gasteiger partial charge >= 0.3 is 0 Å². The smallest absolute Gasteiger partial charge is 0.229 e. The Kier molecular flexibility index (Phi) is 4.79. The molecule has 0 spiro atoms. The molecular formula is C24H23NOS. The highest BCUT2D eigenvalue weighted by atomic mass is 32.2. The van der Waals surface area contributed by atoms with Crippen molar-refractivity contribution >= 4 is 17.8 Å². The van der Waals surface area contributed by atoms with E-state index in [1.54, 1.807) is 0 Å². The van der Waals surface area contributed by atoms with Gasteiger partial charge in [-0.15, -0.1) is 0 Å². The van der Waals surface area contributed by atoms with E-state index in [9.17, 15) is 0 Å². The summed E-state index contributed by atoms with van der Waals surface area (Å²) in [5.41, 5.74) is 5.96. The molecule has 0 aromatic heterocycles. The van der Waals surface area contributed by atoms with Gasteiger partial charge in [0, 0.05) is 23.1 Å². The minimum Gasteiger partial charge on any atom is -0.456 e. The fourth-order valence-corrected chi connectivity index (χ4v) is 3.82. The van der Waals surface area contributed by atoms with Gasteiger partial charge in [-0.1, -0.05) is 87.5 Å². The van der Waals surface area contributed by atoms with E-state index in [1.165, 1.54) is 28.6 Å². The summed E-state index contributed by atoms with van der Waals surface area (Å²) < 4.78 is 10.7. The lowest BCUT2D eigenvalue weighted by Crippen LogP contribution is -2.11. The van der Waals surface area contributed by atoms with Gasteiger partial charge in [-0.25, -0.2) is 0 Å². The summed E-state index contributed by atoms with van der Waals surface area (Å²) in [4.78, 5) is 0. The number of ether oxygens (including phenoxy) is 1. The van der Waals surface area contributed by atoms with Gasteiger partial charge in [0.25, 0.3) is 0 Å². The molecule has 0 amide bonds. The summed E-state index contributed by atoms with van der Waals surface area (Å²) >= 11 is 1.48. The Morgan fingerprint density at radius 2 is 1.33 bits per heavy atom. The van der Waals surface area contributed by atoms with Gasteiger partial charge in [0.15, 0.2) is 5.44 Å². The summed E-state index contributed by atoms with van der Waals surface area (Å²) in [6.45, 7) is 6.66. The molecule has 0 aliphatic carbocycles. The zero-order valence-electron chi connectivity index (χ0n) is 15.8. The van der Waals surface area contributed by atoms with Gasteiger partial charge in [-0.2, -0.15) is 4.40 Å². The molecule has 4 rings (SSSR count). The van der Waals surface area contributed by atoms with Crippen molar-refractivity contribution < 1.29 is 4.74 Å². The lowest BCUT2D eigenvalue weighted by Gasteiger charge is -2.19. The second-order valence-electron chi connectivity index (χ2n) is 7.77. The molecule has 0 saturated carbocycles. The van der Waals surface area contributed by atoms with Crippen molar-refractivity contribution in [2.24, 2.45) is 4.40 Å². The van der Waals surface area contributed by atoms with Crippen molar-refractivity contribution in [1.82, 2.24) is 0 Å². The molecule has 136 valence electrons. The molecule has 27 heavy (non-hydrogen) atoms. The highest BCUT2D eigenvalue weighted by molar-refractivity contribution is 7.98. The van der Waals surface area contributed by atoms with Gasteiger partial charge in [0.05, 0.1) is 0 Å². The molecule has 0 radical (unpaired) electrons. The molecule has 0 N–H and O–H groups in total. The molecule has 0 bridgehead atoms. The topological polar surface area (TPSA) is 21.6 Å². The maximum Gasteiger partial charge on any atom is 0.229 e. The minimum atomic E-state index is -0.0906. The SMILES string of the molecule is CC(C)(C)c1ccc(C2=NSC(c3ccc(-c4ccccc4)cc3)O2)cc1. The summed E-state index contributed by atoms with van der Waals surface area (Å²) in [5.74, 6) is 0.706. The molecule has 0 saturated heterocycles. The van der Waals surface area contributed by atoms with Crippen LogP contribution in [0.4, 0.5) is 0 Å². The van der Waals surface area contributed by atoms with Crippen LogP contribution in [0.5, 0.6) is 0 Å². The molecule has 1 heterocycles. The monoisotopic (exact) mass is 373 g/mol. The minimum absolute atomic E-state index is 0.0906. The van der Waals surface area contributed by atoms with Crippen molar-refractivity contribution in [2.45, 2.75) is 31.6 Å². The predicted octanol–water partition coefficient (Wildman–Crippen LogP) is 6.77. The fraction of sp³-hybridized carbons (Fsp3) is 0.208. The Morgan fingerprint density at radius 3 is 1.96 bits per heavy atom. The van der Waals surface area contributed by atoms with Gasteiger partial charge in [-0.05, 0) is 34.2 Å². The summed E-state index contributed by atoms with van der Waals surface area (Å²) in [6.07, 6.45) is 0. The molecule has 1 unspecified atom stereocenters. The van der Waals surface area contributed by atoms with E-state index in [4.69, 9.17) is 4.74 Å². The highest BCUT2D eigenvalue weighted by Gasteiger charge is 2.24. The molecule has 3 aromatic rings. The van der Waals surface area contributed by atoms with Crippen LogP contribution in [0.1, 0.15) is 42.9 Å². The van der Waals surface area contributed by atoms with Crippen LogP contribution in [-0.2, 0) is 10.2 Å². The lowest BCUT2D eigenvalue weighted by atomic mass is 9.87. The zero-order chi connectivity index (χ0) is 18.9. The number of rotatable bonds is 3. The summed E-state index contributed by atoms with van der Waals surface area (Å²) in [5, 5.41) is 0. The standard InChI is InChI=1S/C24H23NOS/c1-24(2,3)21-15-13-19(14-16-21)22-25-27-23(26-22)20-11-9-18(10-12-20)17-7-5-4-6-8-17/h4-16,23H,1-3H3. The van der Waals surface area contributed by atoms with Crippen LogP contribution in [0.2, 0.25) is 0 Å². The molecule has 0 fully saturated rings. The van der Waals surface area contributed by atoms with Crippen molar-refractivity contribution in [3.63, 3.8) is 0 Å². The number of benzene rings is 3. The normalized spacial score (nSPS) is 16.7. The zero-order valence-corrected chi connectivity index (χ0v) is 16.7. The Balaban J connectivity index is 1.46. The molecule has 1 aliphatic rings. The lowest BCUT2D eigenvalue weighted by molar-refractivity contribution is 0.293. The third-order valence-electron chi connectivity index (χ3n) is 4.74. The van der Waals surface area contributed by atoms with Gasteiger partial charge in [0.1, 0.15) is 0 Å². The van der Waals surface area contributed by atoms with Gasteiger partial charge in [0.2, 0.25) is 5.90 Å². The van der Waals surface area contributed by atoms with Crippen LogP contribution >= 0.6 is 11.9 Å². The van der Waals surface area contributed by atoms with E-state index in [0.29, 0.717) is 5.90 Å². The van der Waals surface area contributed by atoms with Crippen LogP contribution in [0, 0.1) is 0 Å². The van der Waals surface area contributed by atoms with Crippen molar-refractivity contribution in [3.8, 4) is 11.1 Å². The first-order valence-electron chi connectivity index (χ1n) is 9.17. The van der Waals surface area contributed by atoms with Crippen LogP contribution in [0.3, 0.4) is 0 Å². The van der Waals surface area contributed by atoms with E-state index in [1.807, 2.05) is 6.07 Å². The second-order valence-corrected chi connectivity index (χ2v) is 8.59. The number of hydrogen-bond donors (Lipinski definition) is 0. The van der Waals surface area contributed by atoms with Gasteiger partial charge < -0.3 is 4.74 Å². The van der Waals surface area contributed by atoms with E-state index in [-0.39, 0.29) is 10.9 Å². The molecule has 1 aliphatic heterocycles. The van der Waals surface area contributed by atoms with E-state index >= 15 is 0 Å². The van der Waals surface area contributed by atoms with Crippen molar-refractivity contribution in [3.05, 3.63) is 95.6 Å². The first-order valence-corrected chi connectivity index (χ1v) is 10.0. The average molecular weight is 374 g/mol. The molecule has 2 nitrogen and oxygen atoms in total. The van der Waals surface area contributed by atoms with Crippen LogP contribution < -0.4 is 0 Å². The first-order chi connectivity index (χ1) is 13.0. The molecule has 3 heteroatoms. The van der Waals surface area contributed by atoms with Crippen LogP contribution in [-0.4, -0.2) is 5.90 Å². The first kappa shape index (κ1) is 17.9. The van der Waals surface area contributed by atoms with Gasteiger partial charge in [-0.3, -0.25) is 0 Å². The fourth-order valence-electron chi connectivity index (χ4n) is 3.07. The number of nitrogens with zero attached hydrogens (tertiary/aromatic N) is 1. The summed E-state index contributed by atoms with van der Waals surface area (Å²) in [6, 6.07) is 27.5. The Bertz CT molecular complexity index is 938. The Labute approximate surface area is 165 Å². The van der Waals surface area contributed by atoms with Crippen molar-refractivity contribution in [1.29, 1.82) is 0 Å². The van der Waals surface area contributed by atoms with Crippen LogP contribution in [0.15, 0.2) is 83.3 Å². The van der Waals surface area contributed by atoms with E-state index in [0.717, 1.165) is 11.1 Å². The second kappa shape index (κ2) is 7.24. The largest absolute Gasteiger partial charge is 0.456 e. The Hall–Kier alpha value is -2.52. The maximum atomic E-state index is 6.12. The average Bonchev–Trinajstić information content (AvgIpc) is 3.18. The van der Waals surface area contributed by atoms with Crippen LogP contribution in [0.25, 0.3) is 11.1 Å². The van der Waals surface area contributed by atoms with E-state index < -0.39 is 0 Å². The molecule has 1 atom stereocenters. The van der Waals surface area contributed by atoms with Crippen molar-refractivity contribution in [2.75, 3.05) is 0 Å².